The Hall–Kier alpha value is -2.41. The molecule has 0 saturated carbocycles. The average molecular weight is 291 g/mol. The van der Waals surface area contributed by atoms with Crippen LogP contribution in [0.2, 0.25) is 0 Å². The van der Waals surface area contributed by atoms with Crippen LogP contribution in [0, 0.1) is 0 Å². The molecule has 104 valence electrons. The van der Waals surface area contributed by atoms with Gasteiger partial charge in [-0.2, -0.15) is 0 Å². The van der Waals surface area contributed by atoms with E-state index in [4.69, 9.17) is 5.11 Å². The molecular weight excluding hydrogens is 278 g/mol. The van der Waals surface area contributed by atoms with E-state index in [1.165, 1.54) is 17.4 Å². The van der Waals surface area contributed by atoms with Gasteiger partial charge in [0.15, 0.2) is 0 Å². The summed E-state index contributed by atoms with van der Waals surface area (Å²) in [4.78, 5) is 31.9. The Bertz CT molecular complexity index is 631. The maximum absolute atomic E-state index is 12.2. The number of carbonyl (C=O) groups is 2. The molecule has 0 bridgehead atoms. The first-order chi connectivity index (χ1) is 9.56. The highest BCUT2D eigenvalue weighted by Gasteiger charge is 2.14. The zero-order valence-electron chi connectivity index (χ0n) is 10.7. The molecule has 0 fully saturated rings. The first-order valence-corrected chi connectivity index (χ1v) is 6.67. The van der Waals surface area contributed by atoms with E-state index < -0.39 is 5.97 Å². The van der Waals surface area contributed by atoms with Crippen LogP contribution < -0.4 is 0 Å². The minimum atomic E-state index is -1.01. The standard InChI is InChI=1S/C13H13N3O3S/c1-16(7-11-14-4-5-15-11)13(19)9-6-10(20-8-9)2-3-12(17)18/h2-6,8H,7H2,1H3,(H,14,15)(H,17,18). The first-order valence-electron chi connectivity index (χ1n) is 5.79. The maximum atomic E-state index is 12.2. The second-order valence-corrected chi connectivity index (χ2v) is 5.05. The van der Waals surface area contributed by atoms with Crippen molar-refractivity contribution in [1.82, 2.24) is 14.9 Å². The van der Waals surface area contributed by atoms with Gasteiger partial charge in [0.05, 0.1) is 12.1 Å². The van der Waals surface area contributed by atoms with Crippen LogP contribution in [0.25, 0.3) is 6.08 Å². The Morgan fingerprint density at radius 2 is 2.35 bits per heavy atom. The highest BCUT2D eigenvalue weighted by Crippen LogP contribution is 2.18. The molecule has 0 spiro atoms. The van der Waals surface area contributed by atoms with Crippen molar-refractivity contribution >= 4 is 29.3 Å². The lowest BCUT2D eigenvalue weighted by Crippen LogP contribution is -2.26. The average Bonchev–Trinajstić information content (AvgIpc) is 3.06. The van der Waals surface area contributed by atoms with Crippen LogP contribution in [0.1, 0.15) is 21.1 Å². The Morgan fingerprint density at radius 1 is 1.55 bits per heavy atom. The number of carboxylic acid groups (broad SMARTS) is 1. The topological polar surface area (TPSA) is 86.3 Å². The predicted octanol–water partition coefficient (Wildman–Crippen LogP) is 1.84. The molecule has 0 radical (unpaired) electrons. The molecule has 1 amide bonds. The summed E-state index contributed by atoms with van der Waals surface area (Å²) in [6.07, 6.45) is 5.85. The van der Waals surface area contributed by atoms with E-state index in [9.17, 15) is 9.59 Å². The number of carboxylic acids is 1. The fourth-order valence-corrected chi connectivity index (χ4v) is 2.38. The summed E-state index contributed by atoms with van der Waals surface area (Å²) >= 11 is 1.32. The molecule has 2 rings (SSSR count). The van der Waals surface area contributed by atoms with E-state index in [2.05, 4.69) is 9.97 Å². The molecule has 0 aliphatic rings. The molecule has 0 aliphatic heterocycles. The smallest absolute Gasteiger partial charge is 0.328 e. The van der Waals surface area contributed by atoms with Crippen molar-refractivity contribution in [2.45, 2.75) is 6.54 Å². The Labute approximate surface area is 119 Å². The van der Waals surface area contributed by atoms with Crippen molar-refractivity contribution in [1.29, 1.82) is 0 Å². The monoisotopic (exact) mass is 291 g/mol. The van der Waals surface area contributed by atoms with Crippen LogP contribution in [-0.4, -0.2) is 38.9 Å². The number of hydrogen-bond donors (Lipinski definition) is 2. The second kappa shape index (κ2) is 6.16. The van der Waals surface area contributed by atoms with Gasteiger partial charge in [0, 0.05) is 35.8 Å². The Morgan fingerprint density at radius 3 is 3.00 bits per heavy atom. The molecule has 2 heterocycles. The van der Waals surface area contributed by atoms with Crippen molar-refractivity contribution in [3.63, 3.8) is 0 Å². The van der Waals surface area contributed by atoms with Crippen molar-refractivity contribution in [3.8, 4) is 0 Å². The number of hydrogen-bond acceptors (Lipinski definition) is 4. The third-order valence-corrected chi connectivity index (χ3v) is 3.44. The number of aromatic amines is 1. The lowest BCUT2D eigenvalue weighted by atomic mass is 10.2. The normalized spacial score (nSPS) is 10.8. The summed E-state index contributed by atoms with van der Waals surface area (Å²) in [5.74, 6) is -0.434. The van der Waals surface area contributed by atoms with Gasteiger partial charge in [-0.25, -0.2) is 9.78 Å². The van der Waals surface area contributed by atoms with Gasteiger partial charge in [0.2, 0.25) is 0 Å². The van der Waals surface area contributed by atoms with Gasteiger partial charge in [0.25, 0.3) is 5.91 Å². The van der Waals surface area contributed by atoms with Crippen LogP contribution in [0.4, 0.5) is 0 Å². The van der Waals surface area contributed by atoms with Crippen LogP contribution in [0.5, 0.6) is 0 Å². The van der Waals surface area contributed by atoms with Crippen LogP contribution in [0.15, 0.2) is 29.9 Å². The van der Waals surface area contributed by atoms with Gasteiger partial charge >= 0.3 is 5.97 Å². The van der Waals surface area contributed by atoms with Crippen molar-refractivity contribution in [3.05, 3.63) is 46.2 Å². The lowest BCUT2D eigenvalue weighted by Gasteiger charge is -2.14. The molecule has 6 nitrogen and oxygen atoms in total. The van der Waals surface area contributed by atoms with E-state index in [1.54, 1.807) is 35.8 Å². The summed E-state index contributed by atoms with van der Waals surface area (Å²) in [5.41, 5.74) is 0.536. The number of thiophene rings is 1. The molecule has 2 aromatic heterocycles. The van der Waals surface area contributed by atoms with Crippen LogP contribution in [-0.2, 0) is 11.3 Å². The third kappa shape index (κ3) is 3.55. The number of carbonyl (C=O) groups excluding carboxylic acids is 1. The Kier molecular flexibility index (Phi) is 4.31. The molecule has 0 unspecified atom stereocenters. The van der Waals surface area contributed by atoms with Gasteiger partial charge in [-0.15, -0.1) is 11.3 Å². The van der Waals surface area contributed by atoms with E-state index in [0.29, 0.717) is 17.9 Å². The van der Waals surface area contributed by atoms with Gasteiger partial charge in [-0.3, -0.25) is 4.79 Å². The molecular formula is C13H13N3O3S. The first kappa shape index (κ1) is 14.0. The summed E-state index contributed by atoms with van der Waals surface area (Å²) < 4.78 is 0. The second-order valence-electron chi connectivity index (χ2n) is 4.11. The number of nitrogens with zero attached hydrogens (tertiary/aromatic N) is 2. The predicted molar refractivity (Wildman–Crippen MR) is 75.4 cm³/mol. The fraction of sp³-hybridized carbons (Fsp3) is 0.154. The minimum Gasteiger partial charge on any atom is -0.478 e. The number of imidazole rings is 1. The van der Waals surface area contributed by atoms with Crippen molar-refractivity contribution in [2.24, 2.45) is 0 Å². The number of amides is 1. The molecule has 0 aliphatic carbocycles. The van der Waals surface area contributed by atoms with Crippen molar-refractivity contribution in [2.75, 3.05) is 7.05 Å². The van der Waals surface area contributed by atoms with E-state index >= 15 is 0 Å². The van der Waals surface area contributed by atoms with E-state index in [-0.39, 0.29) is 5.91 Å². The van der Waals surface area contributed by atoms with Gasteiger partial charge in [0.1, 0.15) is 5.82 Å². The maximum Gasteiger partial charge on any atom is 0.328 e. The highest BCUT2D eigenvalue weighted by atomic mass is 32.1. The third-order valence-electron chi connectivity index (χ3n) is 2.55. The van der Waals surface area contributed by atoms with Gasteiger partial charge in [-0.05, 0) is 12.1 Å². The number of rotatable bonds is 5. The quantitative estimate of drug-likeness (QED) is 0.823. The molecule has 0 saturated heterocycles. The zero-order valence-corrected chi connectivity index (χ0v) is 11.6. The minimum absolute atomic E-state index is 0.132. The molecule has 0 atom stereocenters. The highest BCUT2D eigenvalue weighted by molar-refractivity contribution is 7.11. The number of aromatic nitrogens is 2. The largest absolute Gasteiger partial charge is 0.478 e. The van der Waals surface area contributed by atoms with Crippen LogP contribution in [0.3, 0.4) is 0 Å². The van der Waals surface area contributed by atoms with Crippen LogP contribution >= 0.6 is 11.3 Å². The fourth-order valence-electron chi connectivity index (χ4n) is 1.61. The summed E-state index contributed by atoms with van der Waals surface area (Å²) in [6.45, 7) is 0.391. The summed E-state index contributed by atoms with van der Waals surface area (Å²) in [6, 6.07) is 1.67. The molecule has 7 heteroatoms. The zero-order chi connectivity index (χ0) is 14.5. The van der Waals surface area contributed by atoms with E-state index in [0.717, 1.165) is 11.0 Å². The summed E-state index contributed by atoms with van der Waals surface area (Å²) in [7, 11) is 1.69. The summed E-state index contributed by atoms with van der Waals surface area (Å²) in [5, 5.41) is 10.3. The van der Waals surface area contributed by atoms with Gasteiger partial charge in [-0.1, -0.05) is 0 Å². The number of nitrogens with one attached hydrogen (secondary N) is 1. The Balaban J connectivity index is 2.03. The lowest BCUT2D eigenvalue weighted by molar-refractivity contribution is -0.131. The number of H-pyrrole nitrogens is 1. The van der Waals surface area contributed by atoms with Gasteiger partial charge < -0.3 is 15.0 Å². The SMILES string of the molecule is CN(Cc1ncc[nH]1)C(=O)c1csc(C=CC(=O)O)c1. The molecule has 20 heavy (non-hydrogen) atoms. The molecule has 2 aromatic rings. The van der Waals surface area contributed by atoms with E-state index in [1.807, 2.05) is 0 Å². The van der Waals surface area contributed by atoms with Crippen molar-refractivity contribution < 1.29 is 14.7 Å². The molecule has 2 N–H and O–H groups in total. The number of aliphatic carboxylic acids is 1. The molecule has 0 aromatic carbocycles.